The Morgan fingerprint density at radius 2 is 2.44 bits per heavy atom. The fraction of sp³-hybridized carbons (Fsp3) is 0.615. The summed E-state index contributed by atoms with van der Waals surface area (Å²) in [5, 5.41) is 10.9. The van der Waals surface area contributed by atoms with Gasteiger partial charge in [0, 0.05) is 19.1 Å². The van der Waals surface area contributed by atoms with Crippen LogP contribution in [0.15, 0.2) is 18.5 Å². The number of nitrogens with zero attached hydrogens (tertiary/aromatic N) is 3. The Balaban J connectivity index is 1.94. The smallest absolute Gasteiger partial charge is 0.255 e. The van der Waals surface area contributed by atoms with Crippen LogP contribution in [0.3, 0.4) is 0 Å². The minimum atomic E-state index is 0.0629. The Morgan fingerprint density at radius 1 is 1.56 bits per heavy atom. The van der Waals surface area contributed by atoms with Crippen molar-refractivity contribution in [2.24, 2.45) is 0 Å². The summed E-state index contributed by atoms with van der Waals surface area (Å²) in [4.78, 5) is 14.2. The number of amides is 1. The Labute approximate surface area is 108 Å². The zero-order valence-electron chi connectivity index (χ0n) is 10.8. The molecule has 0 spiro atoms. The third kappa shape index (κ3) is 3.26. The van der Waals surface area contributed by atoms with E-state index in [9.17, 15) is 4.79 Å². The van der Waals surface area contributed by atoms with Crippen LogP contribution in [-0.4, -0.2) is 46.7 Å². The highest BCUT2D eigenvalue weighted by atomic mass is 16.2. The molecule has 2 rings (SSSR count). The van der Waals surface area contributed by atoms with Gasteiger partial charge in [0.15, 0.2) is 0 Å². The number of likely N-dealkylation sites (tertiary alicyclic amines) is 1. The van der Waals surface area contributed by atoms with Gasteiger partial charge in [0.05, 0.1) is 18.0 Å². The molecule has 5 heteroatoms. The van der Waals surface area contributed by atoms with Crippen molar-refractivity contribution in [2.45, 2.75) is 32.2 Å². The molecule has 1 aromatic rings. The average Bonchev–Trinajstić information content (AvgIpc) is 2.45. The third-order valence-electron chi connectivity index (χ3n) is 3.22. The van der Waals surface area contributed by atoms with Gasteiger partial charge in [-0.05, 0) is 31.9 Å². The second-order valence-corrected chi connectivity index (χ2v) is 4.68. The predicted octanol–water partition coefficient (Wildman–Crippen LogP) is 1.08. The fourth-order valence-corrected chi connectivity index (χ4v) is 2.28. The van der Waals surface area contributed by atoms with E-state index < -0.39 is 0 Å². The van der Waals surface area contributed by atoms with Gasteiger partial charge in [0.1, 0.15) is 0 Å². The van der Waals surface area contributed by atoms with E-state index in [1.807, 2.05) is 4.90 Å². The number of carbonyl (C=O) groups excluding carboxylic acids is 1. The lowest BCUT2D eigenvalue weighted by Gasteiger charge is -2.33. The van der Waals surface area contributed by atoms with Crippen molar-refractivity contribution in [3.63, 3.8) is 0 Å². The van der Waals surface area contributed by atoms with Crippen molar-refractivity contribution in [1.29, 1.82) is 0 Å². The highest BCUT2D eigenvalue weighted by Gasteiger charge is 2.23. The van der Waals surface area contributed by atoms with Crippen LogP contribution in [0.1, 0.15) is 36.5 Å². The third-order valence-corrected chi connectivity index (χ3v) is 3.22. The van der Waals surface area contributed by atoms with Crippen molar-refractivity contribution in [3.8, 4) is 0 Å². The molecule has 2 heterocycles. The second kappa shape index (κ2) is 6.44. The summed E-state index contributed by atoms with van der Waals surface area (Å²) < 4.78 is 0. The lowest BCUT2D eigenvalue weighted by molar-refractivity contribution is 0.0694. The number of rotatable bonds is 4. The van der Waals surface area contributed by atoms with Crippen LogP contribution in [0.25, 0.3) is 0 Å². The summed E-state index contributed by atoms with van der Waals surface area (Å²) >= 11 is 0. The number of hydrogen-bond acceptors (Lipinski definition) is 4. The molecular formula is C13H20N4O. The van der Waals surface area contributed by atoms with Crippen LogP contribution in [0.2, 0.25) is 0 Å². The molecule has 1 aliphatic heterocycles. The molecular weight excluding hydrogens is 228 g/mol. The van der Waals surface area contributed by atoms with Gasteiger partial charge in [0.25, 0.3) is 5.91 Å². The van der Waals surface area contributed by atoms with Gasteiger partial charge < -0.3 is 10.2 Å². The number of hydrogen-bond donors (Lipinski definition) is 1. The molecule has 1 unspecified atom stereocenters. The quantitative estimate of drug-likeness (QED) is 0.866. The Hall–Kier alpha value is -1.49. The second-order valence-electron chi connectivity index (χ2n) is 4.68. The van der Waals surface area contributed by atoms with E-state index in [1.54, 1.807) is 12.3 Å². The van der Waals surface area contributed by atoms with Crippen molar-refractivity contribution in [1.82, 2.24) is 20.4 Å². The molecule has 1 aliphatic rings. The molecule has 1 atom stereocenters. The topological polar surface area (TPSA) is 58.1 Å². The highest BCUT2D eigenvalue weighted by molar-refractivity contribution is 5.93. The van der Waals surface area contributed by atoms with E-state index >= 15 is 0 Å². The maximum Gasteiger partial charge on any atom is 0.255 e. The molecule has 0 bridgehead atoms. The zero-order chi connectivity index (χ0) is 12.8. The first-order valence-electron chi connectivity index (χ1n) is 6.60. The van der Waals surface area contributed by atoms with Gasteiger partial charge in [-0.25, -0.2) is 0 Å². The van der Waals surface area contributed by atoms with E-state index in [2.05, 4.69) is 22.4 Å². The first kappa shape index (κ1) is 13.0. The molecule has 18 heavy (non-hydrogen) atoms. The summed E-state index contributed by atoms with van der Waals surface area (Å²) in [5.41, 5.74) is 0.626. The number of aromatic nitrogens is 2. The summed E-state index contributed by atoms with van der Waals surface area (Å²) in [7, 11) is 0. The first-order chi connectivity index (χ1) is 8.81. The summed E-state index contributed by atoms with van der Waals surface area (Å²) in [6.07, 6.45) is 6.43. The van der Waals surface area contributed by atoms with Gasteiger partial charge in [-0.3, -0.25) is 4.79 Å². The minimum Gasteiger partial charge on any atom is -0.337 e. The largest absolute Gasteiger partial charge is 0.337 e. The minimum absolute atomic E-state index is 0.0629. The maximum absolute atomic E-state index is 12.2. The van der Waals surface area contributed by atoms with Crippen LogP contribution >= 0.6 is 0 Å². The fourth-order valence-electron chi connectivity index (χ4n) is 2.28. The monoisotopic (exact) mass is 248 g/mol. The molecule has 1 saturated heterocycles. The van der Waals surface area contributed by atoms with E-state index in [-0.39, 0.29) is 5.91 Å². The summed E-state index contributed by atoms with van der Waals surface area (Å²) in [6, 6.07) is 2.15. The lowest BCUT2D eigenvalue weighted by Crippen LogP contribution is -2.48. The molecule has 1 fully saturated rings. The van der Waals surface area contributed by atoms with Crippen molar-refractivity contribution in [3.05, 3.63) is 24.0 Å². The normalized spacial score (nSPS) is 19.8. The number of piperidine rings is 1. The lowest BCUT2D eigenvalue weighted by atomic mass is 10.0. The van der Waals surface area contributed by atoms with Crippen LogP contribution in [-0.2, 0) is 0 Å². The molecule has 1 amide bonds. The maximum atomic E-state index is 12.2. The van der Waals surface area contributed by atoms with Crippen LogP contribution in [0.4, 0.5) is 0 Å². The van der Waals surface area contributed by atoms with E-state index in [1.165, 1.54) is 6.20 Å². The number of carbonyl (C=O) groups is 1. The van der Waals surface area contributed by atoms with Gasteiger partial charge in [0.2, 0.25) is 0 Å². The Kier molecular flexibility index (Phi) is 4.64. The van der Waals surface area contributed by atoms with Crippen LogP contribution in [0, 0.1) is 0 Å². The highest BCUT2D eigenvalue weighted by Crippen LogP contribution is 2.13. The van der Waals surface area contributed by atoms with E-state index in [0.29, 0.717) is 11.6 Å². The van der Waals surface area contributed by atoms with Crippen LogP contribution in [0.5, 0.6) is 0 Å². The van der Waals surface area contributed by atoms with Gasteiger partial charge in [-0.1, -0.05) is 6.92 Å². The molecule has 0 radical (unpaired) electrons. The van der Waals surface area contributed by atoms with Crippen molar-refractivity contribution < 1.29 is 4.79 Å². The van der Waals surface area contributed by atoms with Gasteiger partial charge in [-0.2, -0.15) is 10.2 Å². The SMILES string of the molecule is CCCNC1CCCN(C(=O)c2ccnnc2)C1. The molecule has 5 nitrogen and oxygen atoms in total. The van der Waals surface area contributed by atoms with Crippen molar-refractivity contribution in [2.75, 3.05) is 19.6 Å². The Bertz CT molecular complexity index is 382. The van der Waals surface area contributed by atoms with E-state index in [0.717, 1.165) is 38.9 Å². The first-order valence-corrected chi connectivity index (χ1v) is 6.60. The number of nitrogens with one attached hydrogen (secondary N) is 1. The molecule has 0 saturated carbocycles. The molecule has 1 N–H and O–H groups in total. The standard InChI is InChI=1S/C13H20N4O/c1-2-6-14-12-4-3-8-17(10-12)13(18)11-5-7-15-16-9-11/h5,7,9,12,14H,2-4,6,8,10H2,1H3. The molecule has 1 aromatic heterocycles. The van der Waals surface area contributed by atoms with Gasteiger partial charge >= 0.3 is 0 Å². The average molecular weight is 248 g/mol. The van der Waals surface area contributed by atoms with Crippen LogP contribution < -0.4 is 5.32 Å². The predicted molar refractivity (Wildman–Crippen MR) is 69.3 cm³/mol. The van der Waals surface area contributed by atoms with Crippen molar-refractivity contribution >= 4 is 5.91 Å². The Morgan fingerprint density at radius 3 is 3.17 bits per heavy atom. The summed E-state index contributed by atoms with van der Waals surface area (Å²) in [5.74, 6) is 0.0629. The summed E-state index contributed by atoms with van der Waals surface area (Å²) in [6.45, 7) is 4.80. The molecule has 98 valence electrons. The van der Waals surface area contributed by atoms with Gasteiger partial charge in [-0.15, -0.1) is 0 Å². The zero-order valence-corrected chi connectivity index (χ0v) is 10.8. The molecule has 0 aromatic carbocycles. The van der Waals surface area contributed by atoms with E-state index in [4.69, 9.17) is 0 Å². The molecule has 0 aliphatic carbocycles.